The number of carbonyl (C=O) groups is 1. The Morgan fingerprint density at radius 2 is 2.19 bits per heavy atom. The van der Waals surface area contributed by atoms with Crippen molar-refractivity contribution < 1.29 is 18.7 Å². The largest absolute Gasteiger partial charge is 0.478 e. The second-order valence-corrected chi connectivity index (χ2v) is 5.17. The molecule has 0 radical (unpaired) electrons. The molecule has 4 nitrogen and oxygen atoms in total. The van der Waals surface area contributed by atoms with Crippen LogP contribution in [0.25, 0.3) is 0 Å². The predicted molar refractivity (Wildman–Crippen MR) is 77.6 cm³/mol. The van der Waals surface area contributed by atoms with Crippen LogP contribution < -0.4 is 10.1 Å². The van der Waals surface area contributed by atoms with Crippen LogP contribution in [0.2, 0.25) is 0 Å². The van der Waals surface area contributed by atoms with Crippen molar-refractivity contribution in [3.8, 4) is 5.75 Å². The zero-order chi connectivity index (χ0) is 15.2. The van der Waals surface area contributed by atoms with Gasteiger partial charge >= 0.3 is 5.97 Å². The second kappa shape index (κ2) is 7.41. The van der Waals surface area contributed by atoms with Crippen LogP contribution in [-0.2, 0) is 16.1 Å². The molecule has 21 heavy (non-hydrogen) atoms. The Balaban J connectivity index is 2.07. The van der Waals surface area contributed by atoms with Gasteiger partial charge in [-0.25, -0.2) is 9.18 Å². The summed E-state index contributed by atoms with van der Waals surface area (Å²) >= 11 is 0. The van der Waals surface area contributed by atoms with Crippen molar-refractivity contribution in [3.63, 3.8) is 0 Å². The molecule has 0 amide bonds. The molecule has 1 N–H and O–H groups in total. The number of halogens is 1. The Bertz CT molecular complexity index is 488. The molecule has 1 saturated carbocycles. The van der Waals surface area contributed by atoms with Gasteiger partial charge in [0.1, 0.15) is 11.6 Å². The third-order valence-corrected chi connectivity index (χ3v) is 3.37. The van der Waals surface area contributed by atoms with Gasteiger partial charge in [0.2, 0.25) is 0 Å². The summed E-state index contributed by atoms with van der Waals surface area (Å²) in [6, 6.07) is 4.88. The number of hydrogen-bond donors (Lipinski definition) is 1. The van der Waals surface area contributed by atoms with E-state index >= 15 is 0 Å². The van der Waals surface area contributed by atoms with Crippen LogP contribution in [-0.4, -0.2) is 24.7 Å². The summed E-state index contributed by atoms with van der Waals surface area (Å²) in [6.07, 6.45) is 2.17. The van der Waals surface area contributed by atoms with Crippen LogP contribution in [0, 0.1) is 5.82 Å². The van der Waals surface area contributed by atoms with Crippen LogP contribution in [0.5, 0.6) is 5.75 Å². The SMILES string of the molecule is CCOC(=O)C(CC)Oc1ccc(F)cc1CNC1CC1. The molecular formula is C16H22FNO3. The number of rotatable bonds is 8. The summed E-state index contributed by atoms with van der Waals surface area (Å²) in [5.74, 6) is -0.158. The van der Waals surface area contributed by atoms with E-state index < -0.39 is 6.10 Å². The Kier molecular flexibility index (Phi) is 5.56. The van der Waals surface area contributed by atoms with E-state index in [0.717, 1.165) is 18.4 Å². The fourth-order valence-electron chi connectivity index (χ4n) is 2.03. The lowest BCUT2D eigenvalue weighted by Gasteiger charge is -2.18. The average Bonchev–Trinajstić information content (AvgIpc) is 3.28. The number of hydrogen-bond acceptors (Lipinski definition) is 4. The Morgan fingerprint density at radius 3 is 2.81 bits per heavy atom. The quantitative estimate of drug-likeness (QED) is 0.749. The lowest BCUT2D eigenvalue weighted by atomic mass is 10.2. The molecule has 1 aromatic rings. The molecule has 0 aromatic heterocycles. The Labute approximate surface area is 124 Å². The third kappa shape index (κ3) is 4.70. The first-order valence-electron chi connectivity index (χ1n) is 7.49. The molecule has 0 saturated heterocycles. The first kappa shape index (κ1) is 15.8. The molecule has 0 aliphatic heterocycles. The van der Waals surface area contributed by atoms with E-state index in [2.05, 4.69) is 5.32 Å². The van der Waals surface area contributed by atoms with Crippen molar-refractivity contribution in [2.45, 2.75) is 51.8 Å². The summed E-state index contributed by atoms with van der Waals surface area (Å²) in [6.45, 7) is 4.47. The van der Waals surface area contributed by atoms with Gasteiger partial charge in [-0.2, -0.15) is 0 Å². The highest BCUT2D eigenvalue weighted by atomic mass is 19.1. The average molecular weight is 295 g/mol. The number of nitrogens with one attached hydrogen (secondary N) is 1. The summed E-state index contributed by atoms with van der Waals surface area (Å²) in [5, 5.41) is 3.32. The molecule has 0 heterocycles. The van der Waals surface area contributed by atoms with Gasteiger partial charge in [0.25, 0.3) is 0 Å². The summed E-state index contributed by atoms with van der Waals surface area (Å²) < 4.78 is 24.1. The molecule has 0 spiro atoms. The number of ether oxygens (including phenoxy) is 2. The molecule has 1 unspecified atom stereocenters. The van der Waals surface area contributed by atoms with Crippen LogP contribution in [0.15, 0.2) is 18.2 Å². The molecule has 1 aliphatic carbocycles. The maximum atomic E-state index is 13.4. The minimum Gasteiger partial charge on any atom is -0.478 e. The third-order valence-electron chi connectivity index (χ3n) is 3.37. The molecule has 1 atom stereocenters. The van der Waals surface area contributed by atoms with Gasteiger partial charge in [0.05, 0.1) is 6.61 Å². The van der Waals surface area contributed by atoms with Crippen LogP contribution in [0.3, 0.4) is 0 Å². The van der Waals surface area contributed by atoms with Crippen molar-refractivity contribution in [2.24, 2.45) is 0 Å². The van der Waals surface area contributed by atoms with E-state index in [9.17, 15) is 9.18 Å². The molecule has 5 heteroatoms. The fraction of sp³-hybridized carbons (Fsp3) is 0.562. The monoisotopic (exact) mass is 295 g/mol. The van der Waals surface area contributed by atoms with Crippen molar-refractivity contribution in [3.05, 3.63) is 29.6 Å². The van der Waals surface area contributed by atoms with E-state index in [1.807, 2.05) is 6.92 Å². The van der Waals surface area contributed by atoms with E-state index in [1.165, 1.54) is 12.1 Å². The van der Waals surface area contributed by atoms with Gasteiger partial charge in [-0.3, -0.25) is 0 Å². The zero-order valence-electron chi connectivity index (χ0n) is 12.5. The smallest absolute Gasteiger partial charge is 0.347 e. The highest BCUT2D eigenvalue weighted by Gasteiger charge is 2.23. The molecular weight excluding hydrogens is 273 g/mol. The fourth-order valence-corrected chi connectivity index (χ4v) is 2.03. The number of esters is 1. The summed E-state index contributed by atoms with van der Waals surface area (Å²) in [5.41, 5.74) is 0.727. The Hall–Kier alpha value is -1.62. The minimum absolute atomic E-state index is 0.306. The maximum Gasteiger partial charge on any atom is 0.347 e. The topological polar surface area (TPSA) is 47.6 Å². The maximum absolute atomic E-state index is 13.4. The van der Waals surface area contributed by atoms with Crippen LogP contribution in [0.4, 0.5) is 4.39 Å². The lowest BCUT2D eigenvalue weighted by Crippen LogP contribution is -2.29. The molecule has 0 bridgehead atoms. The first-order valence-corrected chi connectivity index (χ1v) is 7.49. The molecule has 1 aromatic carbocycles. The van der Waals surface area contributed by atoms with Crippen LogP contribution >= 0.6 is 0 Å². The van der Waals surface area contributed by atoms with Crippen molar-refractivity contribution in [2.75, 3.05) is 6.61 Å². The van der Waals surface area contributed by atoms with Crippen LogP contribution in [0.1, 0.15) is 38.7 Å². The van der Waals surface area contributed by atoms with Gasteiger partial charge in [0.15, 0.2) is 6.10 Å². The predicted octanol–water partition coefficient (Wildman–Crippen LogP) is 2.80. The normalized spacial score (nSPS) is 15.6. The molecule has 2 rings (SSSR count). The lowest BCUT2D eigenvalue weighted by molar-refractivity contribution is -0.151. The van der Waals surface area contributed by atoms with Gasteiger partial charge in [-0.05, 0) is 44.4 Å². The van der Waals surface area contributed by atoms with E-state index in [1.54, 1.807) is 13.0 Å². The molecule has 1 fully saturated rings. The minimum atomic E-state index is -0.657. The standard InChI is InChI=1S/C16H22FNO3/c1-3-14(16(19)20-4-2)21-15-8-5-12(17)9-11(15)10-18-13-6-7-13/h5,8-9,13-14,18H,3-4,6-7,10H2,1-2H3. The second-order valence-electron chi connectivity index (χ2n) is 5.17. The summed E-state index contributed by atoms with van der Waals surface area (Å²) in [4.78, 5) is 11.8. The van der Waals surface area contributed by atoms with Gasteiger partial charge in [-0.15, -0.1) is 0 Å². The molecule has 1 aliphatic rings. The van der Waals surface area contributed by atoms with Crippen molar-refractivity contribution in [1.29, 1.82) is 0 Å². The highest BCUT2D eigenvalue weighted by molar-refractivity contribution is 5.75. The van der Waals surface area contributed by atoms with E-state index in [0.29, 0.717) is 31.4 Å². The first-order chi connectivity index (χ1) is 10.1. The zero-order valence-corrected chi connectivity index (χ0v) is 12.5. The highest BCUT2D eigenvalue weighted by Crippen LogP contribution is 2.25. The number of benzene rings is 1. The summed E-state index contributed by atoms with van der Waals surface area (Å²) in [7, 11) is 0. The Morgan fingerprint density at radius 1 is 1.43 bits per heavy atom. The van der Waals surface area contributed by atoms with E-state index in [-0.39, 0.29) is 11.8 Å². The van der Waals surface area contributed by atoms with Gasteiger partial charge in [-0.1, -0.05) is 6.92 Å². The van der Waals surface area contributed by atoms with Crippen molar-refractivity contribution in [1.82, 2.24) is 5.32 Å². The number of carbonyl (C=O) groups excluding carboxylic acids is 1. The van der Waals surface area contributed by atoms with Gasteiger partial charge < -0.3 is 14.8 Å². The molecule has 116 valence electrons. The van der Waals surface area contributed by atoms with Gasteiger partial charge in [0, 0.05) is 18.2 Å². The van der Waals surface area contributed by atoms with E-state index in [4.69, 9.17) is 9.47 Å². The van der Waals surface area contributed by atoms with Crippen molar-refractivity contribution >= 4 is 5.97 Å².